The van der Waals surface area contributed by atoms with Crippen LogP contribution in [0.1, 0.15) is 0 Å². The number of nitrogens with zero attached hydrogens (tertiary/aromatic N) is 4. The number of rotatable bonds is 4. The molecule has 0 radical (unpaired) electrons. The lowest BCUT2D eigenvalue weighted by molar-refractivity contribution is 0.400. The molecule has 11 heteroatoms. The van der Waals surface area contributed by atoms with Gasteiger partial charge in [0.15, 0.2) is 40.5 Å². The number of benzene rings is 5. The van der Waals surface area contributed by atoms with E-state index < -0.39 is 34.5 Å². The topological polar surface area (TPSA) is 165 Å². The van der Waals surface area contributed by atoms with E-state index in [4.69, 9.17) is 26.6 Å². The molecule has 2 heterocycles. The van der Waals surface area contributed by atoms with Gasteiger partial charge in [-0.1, -0.05) is 72.3 Å². The van der Waals surface area contributed by atoms with Gasteiger partial charge in [-0.15, -0.1) is 0 Å². The molecule has 44 heavy (non-hydrogen) atoms. The standard InChI is InChI=1S/C33H21ClN4O6/c34-18-11-12-20(38-27-21(39)14-23(41)29(43)25(27)26-28(38)22(40)15-24(42)30(26)44)19(13-18)33-36-31(16-7-3-1-4-8-16)35-32(37-33)17-9-5-2-6-10-17/h1-15,39-44H. The maximum Gasteiger partial charge on any atom is 0.168 e. The average molecular weight is 605 g/mol. The van der Waals surface area contributed by atoms with Gasteiger partial charge in [-0.3, -0.25) is 0 Å². The summed E-state index contributed by atoms with van der Waals surface area (Å²) in [5.41, 5.74) is 1.90. The van der Waals surface area contributed by atoms with E-state index in [1.54, 1.807) is 18.2 Å². The molecule has 0 aliphatic heterocycles. The van der Waals surface area contributed by atoms with Crippen LogP contribution in [0, 0.1) is 0 Å². The van der Waals surface area contributed by atoms with Crippen molar-refractivity contribution in [1.82, 2.24) is 19.5 Å². The molecule has 0 fully saturated rings. The van der Waals surface area contributed by atoms with E-state index in [9.17, 15) is 30.6 Å². The van der Waals surface area contributed by atoms with Gasteiger partial charge in [0.2, 0.25) is 0 Å². The van der Waals surface area contributed by atoms with Gasteiger partial charge in [0.1, 0.15) is 22.5 Å². The fraction of sp³-hybridized carbons (Fsp3) is 0. The van der Waals surface area contributed by atoms with Crippen LogP contribution in [0.25, 0.3) is 61.7 Å². The van der Waals surface area contributed by atoms with Crippen molar-refractivity contribution in [2.24, 2.45) is 0 Å². The van der Waals surface area contributed by atoms with Crippen LogP contribution in [-0.4, -0.2) is 50.2 Å². The van der Waals surface area contributed by atoms with Crippen molar-refractivity contribution in [2.75, 3.05) is 0 Å². The second kappa shape index (κ2) is 10.1. The molecule has 0 atom stereocenters. The Morgan fingerprint density at radius 2 is 0.955 bits per heavy atom. The largest absolute Gasteiger partial charge is 0.506 e. The van der Waals surface area contributed by atoms with Crippen molar-refractivity contribution in [3.05, 3.63) is 96.0 Å². The number of aromatic nitrogens is 4. The van der Waals surface area contributed by atoms with Crippen molar-refractivity contribution in [1.29, 1.82) is 0 Å². The first kappa shape index (κ1) is 26.9. The zero-order valence-electron chi connectivity index (χ0n) is 22.5. The Bertz CT molecular complexity index is 2130. The molecule has 0 bridgehead atoms. The van der Waals surface area contributed by atoms with Crippen LogP contribution < -0.4 is 0 Å². The number of fused-ring (bicyclic) bond motifs is 3. The van der Waals surface area contributed by atoms with Crippen molar-refractivity contribution in [2.45, 2.75) is 0 Å². The number of aromatic hydroxyl groups is 6. The molecule has 2 aromatic heterocycles. The molecule has 7 rings (SSSR count). The summed E-state index contributed by atoms with van der Waals surface area (Å²) in [6.45, 7) is 0. The molecule has 0 saturated carbocycles. The SMILES string of the molecule is Oc1cc(O)c2c(c1O)c1c(O)c(O)cc(O)c1n2-c1ccc(Cl)cc1-c1nc(-c2ccccc2)nc(-c2ccccc2)n1. The van der Waals surface area contributed by atoms with E-state index in [1.165, 1.54) is 4.57 Å². The average Bonchev–Trinajstić information content (AvgIpc) is 3.41. The molecule has 0 amide bonds. The predicted molar refractivity (Wildman–Crippen MR) is 165 cm³/mol. The molecule has 0 saturated heterocycles. The third-order valence-electron chi connectivity index (χ3n) is 7.30. The molecule has 0 aliphatic carbocycles. The first-order valence-corrected chi connectivity index (χ1v) is 13.6. The molecule has 0 spiro atoms. The van der Waals surface area contributed by atoms with E-state index in [0.717, 1.165) is 23.3 Å². The summed E-state index contributed by atoms with van der Waals surface area (Å²) in [6.07, 6.45) is 0. The molecule has 0 aliphatic rings. The van der Waals surface area contributed by atoms with Crippen LogP contribution in [0.2, 0.25) is 5.02 Å². The van der Waals surface area contributed by atoms with Crippen molar-refractivity contribution in [3.8, 4) is 74.3 Å². The third kappa shape index (κ3) is 4.16. The van der Waals surface area contributed by atoms with Crippen LogP contribution in [0.4, 0.5) is 0 Å². The normalized spacial score (nSPS) is 11.4. The molecule has 5 aromatic carbocycles. The Hall–Kier alpha value is -6.00. The van der Waals surface area contributed by atoms with Crippen LogP contribution in [0.5, 0.6) is 34.5 Å². The van der Waals surface area contributed by atoms with Crippen molar-refractivity contribution < 1.29 is 30.6 Å². The maximum absolute atomic E-state index is 11.1. The highest BCUT2D eigenvalue weighted by molar-refractivity contribution is 6.31. The summed E-state index contributed by atoms with van der Waals surface area (Å²) in [6, 6.07) is 25.3. The van der Waals surface area contributed by atoms with E-state index in [-0.39, 0.29) is 33.3 Å². The minimum absolute atomic E-state index is 0.0873. The first-order chi connectivity index (χ1) is 21.2. The van der Waals surface area contributed by atoms with Gasteiger partial charge in [0.05, 0.1) is 16.5 Å². The zero-order valence-corrected chi connectivity index (χ0v) is 23.3. The van der Waals surface area contributed by atoms with Crippen LogP contribution in [-0.2, 0) is 0 Å². The minimum atomic E-state index is -0.685. The maximum atomic E-state index is 11.1. The lowest BCUT2D eigenvalue weighted by Gasteiger charge is -2.16. The number of phenols is 6. The van der Waals surface area contributed by atoms with Crippen LogP contribution in [0.3, 0.4) is 0 Å². The highest BCUT2D eigenvalue weighted by Gasteiger charge is 2.29. The second-order valence-electron chi connectivity index (χ2n) is 10.0. The highest BCUT2D eigenvalue weighted by atomic mass is 35.5. The van der Waals surface area contributed by atoms with Crippen molar-refractivity contribution in [3.63, 3.8) is 0 Å². The van der Waals surface area contributed by atoms with Gasteiger partial charge in [0, 0.05) is 33.8 Å². The Kier molecular flexibility index (Phi) is 6.15. The van der Waals surface area contributed by atoms with Gasteiger partial charge in [-0.2, -0.15) is 0 Å². The monoisotopic (exact) mass is 604 g/mol. The van der Waals surface area contributed by atoms with E-state index in [0.29, 0.717) is 22.2 Å². The Balaban J connectivity index is 1.62. The van der Waals surface area contributed by atoms with Gasteiger partial charge in [0.25, 0.3) is 0 Å². The smallest absolute Gasteiger partial charge is 0.168 e. The minimum Gasteiger partial charge on any atom is -0.506 e. The van der Waals surface area contributed by atoms with Gasteiger partial charge in [-0.05, 0) is 18.2 Å². The molecular formula is C33H21ClN4O6. The lowest BCUT2D eigenvalue weighted by atomic mass is 10.1. The number of halogens is 1. The summed E-state index contributed by atoms with van der Waals surface area (Å²) < 4.78 is 1.37. The molecular weight excluding hydrogens is 584 g/mol. The fourth-order valence-corrected chi connectivity index (χ4v) is 5.53. The molecule has 0 unspecified atom stereocenters. The molecule has 6 N–H and O–H groups in total. The Morgan fingerprint density at radius 3 is 1.43 bits per heavy atom. The molecule has 216 valence electrons. The van der Waals surface area contributed by atoms with Gasteiger partial charge >= 0.3 is 0 Å². The summed E-state index contributed by atoms with van der Waals surface area (Å²) >= 11 is 6.51. The predicted octanol–water partition coefficient (Wildman–Crippen LogP) is 6.86. The third-order valence-corrected chi connectivity index (χ3v) is 7.54. The number of hydrogen-bond acceptors (Lipinski definition) is 9. The Morgan fingerprint density at radius 1 is 0.500 bits per heavy atom. The van der Waals surface area contributed by atoms with E-state index in [2.05, 4.69) is 0 Å². The lowest BCUT2D eigenvalue weighted by Crippen LogP contribution is -2.04. The van der Waals surface area contributed by atoms with Crippen LogP contribution in [0.15, 0.2) is 91.0 Å². The highest BCUT2D eigenvalue weighted by Crippen LogP contribution is 2.53. The quantitative estimate of drug-likeness (QED) is 0.0929. The van der Waals surface area contributed by atoms with Crippen LogP contribution >= 0.6 is 11.6 Å². The summed E-state index contributed by atoms with van der Waals surface area (Å²) in [7, 11) is 0. The molecule has 10 nitrogen and oxygen atoms in total. The fourth-order valence-electron chi connectivity index (χ4n) is 5.36. The van der Waals surface area contributed by atoms with Gasteiger partial charge in [-0.25, -0.2) is 15.0 Å². The van der Waals surface area contributed by atoms with Crippen molar-refractivity contribution >= 4 is 33.4 Å². The second-order valence-corrected chi connectivity index (χ2v) is 10.4. The van der Waals surface area contributed by atoms with Gasteiger partial charge < -0.3 is 35.2 Å². The Labute approximate surface area is 253 Å². The summed E-state index contributed by atoms with van der Waals surface area (Å²) in [4.78, 5) is 14.3. The zero-order chi connectivity index (χ0) is 30.7. The number of phenolic OH excluding ortho intramolecular Hbond substituents is 6. The number of hydrogen-bond donors (Lipinski definition) is 6. The molecule has 7 aromatic rings. The first-order valence-electron chi connectivity index (χ1n) is 13.3. The van der Waals surface area contributed by atoms with E-state index in [1.807, 2.05) is 60.7 Å². The van der Waals surface area contributed by atoms with E-state index >= 15 is 0 Å². The summed E-state index contributed by atoms with van der Waals surface area (Å²) in [5, 5.41) is 64.6. The summed E-state index contributed by atoms with van der Waals surface area (Å²) in [5.74, 6) is -2.76.